The zero-order valence-corrected chi connectivity index (χ0v) is 24.2. The molecule has 8 heteroatoms. The minimum atomic E-state index is -3.70. The molecule has 0 aliphatic carbocycles. The van der Waals surface area contributed by atoms with Crippen LogP contribution in [0.2, 0.25) is 0 Å². The van der Waals surface area contributed by atoms with Crippen LogP contribution in [0.25, 0.3) is 0 Å². The van der Waals surface area contributed by atoms with Crippen molar-refractivity contribution in [3.8, 4) is 0 Å². The Labute approximate surface area is 176 Å². The van der Waals surface area contributed by atoms with Crippen LogP contribution in [0.1, 0.15) is 55.4 Å². The van der Waals surface area contributed by atoms with E-state index in [1.807, 2.05) is 0 Å². The number of hydrogen-bond acceptors (Lipinski definition) is 4. The van der Waals surface area contributed by atoms with Gasteiger partial charge in [0.1, 0.15) is 0 Å². The normalized spacial score (nSPS) is 35.8. The fourth-order valence-electron chi connectivity index (χ4n) is 5.54. The summed E-state index contributed by atoms with van der Waals surface area (Å²) in [6, 6.07) is 0. The first-order chi connectivity index (χ1) is 12.6. The average Bonchev–Trinajstić information content (AvgIpc) is 2.69. The van der Waals surface area contributed by atoms with E-state index in [-0.39, 0.29) is 0 Å². The molecule has 2 unspecified atom stereocenters. The Hall–Kier alpha value is 1.40. The molecule has 0 amide bonds. The molecule has 0 spiro atoms. The van der Waals surface area contributed by atoms with E-state index in [1.54, 1.807) is 0 Å². The van der Waals surface area contributed by atoms with Crippen LogP contribution in [0.15, 0.2) is 0 Å². The van der Waals surface area contributed by atoms with Crippen molar-refractivity contribution in [3.05, 3.63) is 0 Å². The molecule has 1 heterocycles. The third kappa shape index (κ3) is 4.60. The van der Waals surface area contributed by atoms with E-state index in [9.17, 15) is 4.57 Å². The summed E-state index contributed by atoms with van der Waals surface area (Å²) in [5.41, 5.74) is 0.376. The van der Waals surface area contributed by atoms with Gasteiger partial charge in [0.15, 0.2) is 0 Å². The molecule has 0 N–H and O–H groups in total. The maximum absolute atomic E-state index is 14.6. The quantitative estimate of drug-likeness (QED) is 0.315. The van der Waals surface area contributed by atoms with Crippen LogP contribution >= 0.6 is 28.3 Å². The van der Waals surface area contributed by atoms with Crippen molar-refractivity contribution in [1.82, 2.24) is 0 Å². The SMILES string of the molecule is CCP(CC)(CC)(CC)OP1(=O)OP(C)(C)(C)CC(C)P(CC)(CC)(CC)O1. The van der Waals surface area contributed by atoms with Gasteiger partial charge in [-0.1, -0.05) is 0 Å². The summed E-state index contributed by atoms with van der Waals surface area (Å²) in [4.78, 5) is 0. The zero-order valence-electron chi connectivity index (χ0n) is 20.7. The molecule has 174 valence electrons. The molecule has 1 aliphatic rings. The van der Waals surface area contributed by atoms with Gasteiger partial charge in [-0.05, 0) is 0 Å². The molecule has 0 aromatic rings. The first kappa shape index (κ1) is 27.4. The number of hydrogen-bond donors (Lipinski definition) is 0. The van der Waals surface area contributed by atoms with Crippen LogP contribution in [0.4, 0.5) is 0 Å². The van der Waals surface area contributed by atoms with E-state index in [0.717, 1.165) is 49.3 Å². The molecule has 0 aromatic heterocycles. The predicted octanol–water partition coefficient (Wildman–Crippen LogP) is 7.98. The molecule has 0 saturated carbocycles. The molecule has 0 bridgehead atoms. The van der Waals surface area contributed by atoms with Crippen LogP contribution in [0, 0.1) is 0 Å². The zero-order chi connectivity index (χ0) is 22.2. The van der Waals surface area contributed by atoms with E-state index < -0.39 is 28.3 Å². The van der Waals surface area contributed by atoms with E-state index in [0.29, 0.717) is 5.66 Å². The van der Waals surface area contributed by atoms with Crippen molar-refractivity contribution < 1.29 is 17.5 Å². The third-order valence-corrected chi connectivity index (χ3v) is 32.4. The molecular formula is C20H50O4P4. The minimum absolute atomic E-state index is 0.376. The Morgan fingerprint density at radius 1 is 0.857 bits per heavy atom. The molecule has 28 heavy (non-hydrogen) atoms. The number of phosphoric acid groups is 1. The average molecular weight is 479 g/mol. The molecule has 1 aliphatic heterocycles. The molecular weight excluding hydrogens is 428 g/mol. The monoisotopic (exact) mass is 478 g/mol. The van der Waals surface area contributed by atoms with Gasteiger partial charge in [0, 0.05) is 0 Å². The van der Waals surface area contributed by atoms with E-state index in [4.69, 9.17) is 12.9 Å². The summed E-state index contributed by atoms with van der Waals surface area (Å²) in [7, 11) is -3.70. The van der Waals surface area contributed by atoms with Gasteiger partial charge in [0.2, 0.25) is 0 Å². The van der Waals surface area contributed by atoms with Crippen molar-refractivity contribution in [1.29, 1.82) is 0 Å². The van der Waals surface area contributed by atoms with Crippen LogP contribution in [0.5, 0.6) is 0 Å². The molecule has 0 radical (unpaired) electrons. The van der Waals surface area contributed by atoms with E-state index in [1.165, 1.54) is 0 Å². The summed E-state index contributed by atoms with van der Waals surface area (Å²) in [5, 5.41) is 0. The van der Waals surface area contributed by atoms with Crippen molar-refractivity contribution in [2.24, 2.45) is 0 Å². The second kappa shape index (κ2) is 8.07. The Kier molecular flexibility index (Phi) is 7.91. The fourth-order valence-corrected chi connectivity index (χ4v) is 29.3. The topological polar surface area (TPSA) is 44.8 Å². The Balaban J connectivity index is 3.77. The van der Waals surface area contributed by atoms with Crippen LogP contribution in [0.3, 0.4) is 0 Å². The standard InChI is InChI=1S/C20H50O4P4/c1-12-27(13-2,14-3,15-4)23-25(21)22-26(9,10,11)19-20(8)28(16-5,17-6,18-7)24-25/h20H,12-19H2,1-11H3. The van der Waals surface area contributed by atoms with Crippen molar-refractivity contribution in [2.75, 3.05) is 69.3 Å². The van der Waals surface area contributed by atoms with Crippen molar-refractivity contribution >= 4 is 28.3 Å². The summed E-state index contributed by atoms with van der Waals surface area (Å²) in [5.74, 6) is 0. The molecule has 4 nitrogen and oxygen atoms in total. The Morgan fingerprint density at radius 2 is 1.25 bits per heavy atom. The molecule has 1 saturated heterocycles. The van der Waals surface area contributed by atoms with Crippen LogP contribution in [-0.4, -0.2) is 74.9 Å². The molecule has 1 fully saturated rings. The maximum atomic E-state index is 14.6. The predicted molar refractivity (Wildman–Crippen MR) is 138 cm³/mol. The summed E-state index contributed by atoms with van der Waals surface area (Å²) in [6.45, 7) is 16.4. The van der Waals surface area contributed by atoms with Crippen LogP contribution in [-0.2, 0) is 17.5 Å². The first-order valence-corrected chi connectivity index (χ1v) is 22.2. The summed E-state index contributed by atoms with van der Waals surface area (Å²) >= 11 is 0. The molecule has 1 rings (SSSR count). The van der Waals surface area contributed by atoms with E-state index >= 15 is 0 Å². The van der Waals surface area contributed by atoms with E-state index in [2.05, 4.69) is 75.4 Å². The van der Waals surface area contributed by atoms with Gasteiger partial charge in [0.25, 0.3) is 0 Å². The van der Waals surface area contributed by atoms with Gasteiger partial charge in [-0.2, -0.15) is 0 Å². The second-order valence-corrected chi connectivity index (χ2v) is 32.1. The van der Waals surface area contributed by atoms with Gasteiger partial charge >= 0.3 is 176 Å². The van der Waals surface area contributed by atoms with Gasteiger partial charge in [-0.25, -0.2) is 0 Å². The Morgan fingerprint density at radius 3 is 1.57 bits per heavy atom. The third-order valence-electron chi connectivity index (χ3n) is 8.53. The van der Waals surface area contributed by atoms with Crippen LogP contribution < -0.4 is 0 Å². The van der Waals surface area contributed by atoms with Gasteiger partial charge in [-0.15, -0.1) is 0 Å². The van der Waals surface area contributed by atoms with Crippen molar-refractivity contribution in [3.63, 3.8) is 0 Å². The summed E-state index contributed by atoms with van der Waals surface area (Å²) in [6.07, 6.45) is 7.48. The van der Waals surface area contributed by atoms with Gasteiger partial charge < -0.3 is 0 Å². The fraction of sp³-hybridized carbons (Fsp3) is 1.00. The number of rotatable bonds is 9. The molecule has 2 atom stereocenters. The van der Waals surface area contributed by atoms with Gasteiger partial charge in [0.05, 0.1) is 0 Å². The molecule has 0 aromatic carbocycles. The first-order valence-electron chi connectivity index (χ1n) is 11.3. The van der Waals surface area contributed by atoms with Crippen molar-refractivity contribution in [2.45, 2.75) is 61.0 Å². The summed E-state index contributed by atoms with van der Waals surface area (Å²) < 4.78 is 35.0. The second-order valence-electron chi connectivity index (χ2n) is 10.5. The Bertz CT molecular complexity index is 583. The van der Waals surface area contributed by atoms with Gasteiger partial charge in [-0.3, -0.25) is 0 Å².